The van der Waals surface area contributed by atoms with E-state index in [0.717, 1.165) is 42.0 Å². The van der Waals surface area contributed by atoms with E-state index >= 15 is 0 Å². The number of amides is 1. The zero-order valence-corrected chi connectivity index (χ0v) is 17.0. The summed E-state index contributed by atoms with van der Waals surface area (Å²) in [6, 6.07) is 8.27. The molecule has 0 fully saturated rings. The molecule has 0 bridgehead atoms. The molecule has 0 spiro atoms. The second kappa shape index (κ2) is 8.99. The maximum absolute atomic E-state index is 12.9. The number of carbonyl (C=O) groups is 1. The molecule has 142 valence electrons. The second-order valence-corrected chi connectivity index (χ2v) is 7.68. The molecule has 2 aromatic rings. The molecule has 0 aliphatic rings. The zero-order chi connectivity index (χ0) is 19.3. The lowest BCUT2D eigenvalue weighted by atomic mass is 10.0. The number of carbonyl (C=O) groups excluding carboxylic acids is 1. The molecule has 5 heteroatoms. The highest BCUT2D eigenvalue weighted by atomic mass is 16.1. The largest absolute Gasteiger partial charge is 0.346 e. The van der Waals surface area contributed by atoms with Gasteiger partial charge in [0.15, 0.2) is 0 Å². The van der Waals surface area contributed by atoms with Crippen LogP contribution in [-0.2, 0) is 12.8 Å². The summed E-state index contributed by atoms with van der Waals surface area (Å²) in [6.07, 6.45) is 1.56. The first kappa shape index (κ1) is 20.2. The van der Waals surface area contributed by atoms with Crippen molar-refractivity contribution in [2.45, 2.75) is 40.5 Å². The van der Waals surface area contributed by atoms with Gasteiger partial charge in [0.1, 0.15) is 0 Å². The van der Waals surface area contributed by atoms with Crippen molar-refractivity contribution in [2.24, 2.45) is 5.92 Å². The smallest absolute Gasteiger partial charge is 0.255 e. The molecule has 0 unspecified atom stereocenters. The number of aromatic nitrogens is 2. The molecular formula is C21H33N4O+. The summed E-state index contributed by atoms with van der Waals surface area (Å²) >= 11 is 0. The van der Waals surface area contributed by atoms with E-state index in [2.05, 4.69) is 65.3 Å². The van der Waals surface area contributed by atoms with E-state index in [9.17, 15) is 4.79 Å². The van der Waals surface area contributed by atoms with E-state index in [-0.39, 0.29) is 5.91 Å². The van der Waals surface area contributed by atoms with Gasteiger partial charge in [-0.2, -0.15) is 5.10 Å². The summed E-state index contributed by atoms with van der Waals surface area (Å²) in [5, 5.41) is 7.93. The van der Waals surface area contributed by atoms with Crippen LogP contribution >= 0.6 is 0 Å². The van der Waals surface area contributed by atoms with Crippen LogP contribution in [0.2, 0.25) is 0 Å². The minimum atomic E-state index is -0.00217. The van der Waals surface area contributed by atoms with E-state index in [1.165, 1.54) is 10.5 Å². The number of likely N-dealkylation sites (N-methyl/N-ethyl adjacent to an activating group) is 1. The van der Waals surface area contributed by atoms with Gasteiger partial charge in [0.2, 0.25) is 0 Å². The van der Waals surface area contributed by atoms with Gasteiger partial charge >= 0.3 is 0 Å². The first-order valence-corrected chi connectivity index (χ1v) is 9.58. The Bertz CT molecular complexity index is 746. The van der Waals surface area contributed by atoms with Gasteiger partial charge in [-0.1, -0.05) is 32.9 Å². The molecule has 1 amide bonds. The van der Waals surface area contributed by atoms with Crippen LogP contribution in [0.25, 0.3) is 5.69 Å². The number of nitrogens with one attached hydrogen (secondary N) is 2. The fourth-order valence-corrected chi connectivity index (χ4v) is 3.11. The Morgan fingerprint density at radius 2 is 2.04 bits per heavy atom. The van der Waals surface area contributed by atoms with Crippen LogP contribution in [0.3, 0.4) is 0 Å². The summed E-state index contributed by atoms with van der Waals surface area (Å²) in [4.78, 5) is 14.3. The SMILES string of the molecule is CCc1c(C(=O)NCC[NH+](C)C)c(CC(C)C)nn1-c1cccc(C)c1. The van der Waals surface area contributed by atoms with E-state index in [4.69, 9.17) is 5.10 Å². The van der Waals surface area contributed by atoms with Crippen LogP contribution in [0.4, 0.5) is 0 Å². The highest BCUT2D eigenvalue weighted by Gasteiger charge is 2.24. The van der Waals surface area contributed by atoms with Gasteiger partial charge in [0.25, 0.3) is 5.91 Å². The first-order valence-electron chi connectivity index (χ1n) is 9.58. The van der Waals surface area contributed by atoms with Crippen molar-refractivity contribution >= 4 is 5.91 Å². The molecule has 1 aromatic heterocycles. The topological polar surface area (TPSA) is 51.4 Å². The fourth-order valence-electron chi connectivity index (χ4n) is 3.11. The normalized spacial score (nSPS) is 11.4. The maximum atomic E-state index is 12.9. The summed E-state index contributed by atoms with van der Waals surface area (Å²) in [5.74, 6) is 0.441. The van der Waals surface area contributed by atoms with Crippen LogP contribution in [0.15, 0.2) is 24.3 Å². The third kappa shape index (κ3) is 4.94. The Morgan fingerprint density at radius 3 is 2.62 bits per heavy atom. The molecule has 0 radical (unpaired) electrons. The van der Waals surface area contributed by atoms with Crippen LogP contribution < -0.4 is 10.2 Å². The van der Waals surface area contributed by atoms with E-state index in [0.29, 0.717) is 12.5 Å². The third-order valence-electron chi connectivity index (χ3n) is 4.37. The molecule has 2 rings (SSSR count). The zero-order valence-electron chi connectivity index (χ0n) is 17.0. The van der Waals surface area contributed by atoms with Gasteiger partial charge in [0.05, 0.1) is 49.8 Å². The Morgan fingerprint density at radius 1 is 1.31 bits per heavy atom. The van der Waals surface area contributed by atoms with Crippen LogP contribution in [0.5, 0.6) is 0 Å². The Balaban J connectivity index is 2.45. The Labute approximate surface area is 157 Å². The van der Waals surface area contributed by atoms with Gasteiger partial charge < -0.3 is 10.2 Å². The van der Waals surface area contributed by atoms with Crippen molar-refractivity contribution in [1.82, 2.24) is 15.1 Å². The Kier molecular flexibility index (Phi) is 6.98. The van der Waals surface area contributed by atoms with Crippen molar-refractivity contribution in [3.05, 3.63) is 46.8 Å². The predicted octanol–water partition coefficient (Wildman–Crippen LogP) is 1.82. The summed E-state index contributed by atoms with van der Waals surface area (Å²) in [7, 11) is 4.17. The number of hydrogen-bond acceptors (Lipinski definition) is 2. The standard InChI is InChI=1S/C21H32N4O/c1-7-19-20(21(26)22-11-12-24(5)6)18(13-15(2)3)23-25(19)17-10-8-9-16(4)14-17/h8-10,14-15H,7,11-13H2,1-6H3,(H,22,26)/p+1. The van der Waals surface area contributed by atoms with E-state index < -0.39 is 0 Å². The summed E-state index contributed by atoms with van der Waals surface area (Å²) in [5.41, 5.74) is 4.85. The molecule has 2 N–H and O–H groups in total. The number of nitrogens with zero attached hydrogens (tertiary/aromatic N) is 2. The van der Waals surface area contributed by atoms with Crippen molar-refractivity contribution < 1.29 is 9.69 Å². The fraction of sp³-hybridized carbons (Fsp3) is 0.524. The van der Waals surface area contributed by atoms with Crippen molar-refractivity contribution in [3.63, 3.8) is 0 Å². The van der Waals surface area contributed by atoms with Crippen LogP contribution in [0, 0.1) is 12.8 Å². The van der Waals surface area contributed by atoms with Crippen molar-refractivity contribution in [3.8, 4) is 5.69 Å². The monoisotopic (exact) mass is 357 g/mol. The second-order valence-electron chi connectivity index (χ2n) is 7.68. The number of benzene rings is 1. The lowest BCUT2D eigenvalue weighted by Gasteiger charge is -2.11. The molecular weight excluding hydrogens is 324 g/mol. The highest BCUT2D eigenvalue weighted by molar-refractivity contribution is 5.96. The van der Waals surface area contributed by atoms with Gasteiger partial charge in [-0.3, -0.25) is 4.79 Å². The maximum Gasteiger partial charge on any atom is 0.255 e. The average Bonchev–Trinajstić information content (AvgIpc) is 2.92. The lowest BCUT2D eigenvalue weighted by Crippen LogP contribution is -3.06. The average molecular weight is 358 g/mol. The molecule has 26 heavy (non-hydrogen) atoms. The number of aryl methyl sites for hydroxylation is 1. The van der Waals surface area contributed by atoms with Crippen LogP contribution in [-0.4, -0.2) is 42.9 Å². The van der Waals surface area contributed by atoms with E-state index in [1.807, 2.05) is 10.7 Å². The molecule has 1 heterocycles. The Hall–Kier alpha value is -2.14. The van der Waals surface area contributed by atoms with Gasteiger partial charge in [0, 0.05) is 0 Å². The quantitative estimate of drug-likeness (QED) is 0.757. The molecule has 1 aromatic carbocycles. The van der Waals surface area contributed by atoms with Crippen molar-refractivity contribution in [2.75, 3.05) is 27.2 Å². The van der Waals surface area contributed by atoms with Crippen molar-refractivity contribution in [1.29, 1.82) is 0 Å². The minimum Gasteiger partial charge on any atom is -0.346 e. The van der Waals surface area contributed by atoms with Crippen LogP contribution in [0.1, 0.15) is 48.1 Å². The van der Waals surface area contributed by atoms with Gasteiger partial charge in [-0.05, 0) is 43.4 Å². The summed E-state index contributed by atoms with van der Waals surface area (Å²) < 4.78 is 1.96. The summed E-state index contributed by atoms with van der Waals surface area (Å²) in [6.45, 7) is 10.1. The number of rotatable bonds is 8. The van der Waals surface area contributed by atoms with E-state index in [1.54, 1.807) is 0 Å². The van der Waals surface area contributed by atoms with Gasteiger partial charge in [-0.25, -0.2) is 4.68 Å². The molecule has 0 atom stereocenters. The third-order valence-corrected chi connectivity index (χ3v) is 4.37. The first-order chi connectivity index (χ1) is 12.3. The lowest BCUT2D eigenvalue weighted by molar-refractivity contribution is -0.856. The number of hydrogen-bond donors (Lipinski definition) is 2. The molecule has 0 aliphatic heterocycles. The molecule has 0 saturated heterocycles. The molecule has 0 aliphatic carbocycles. The molecule has 5 nitrogen and oxygen atoms in total. The highest BCUT2D eigenvalue weighted by Crippen LogP contribution is 2.22. The molecule has 0 saturated carbocycles. The number of quaternary nitrogens is 1. The minimum absolute atomic E-state index is 0.00217. The van der Waals surface area contributed by atoms with Gasteiger partial charge in [-0.15, -0.1) is 0 Å². The predicted molar refractivity (Wildman–Crippen MR) is 106 cm³/mol.